The summed E-state index contributed by atoms with van der Waals surface area (Å²) in [4.78, 5) is 11.4. The third-order valence-electron chi connectivity index (χ3n) is 2.30. The van der Waals surface area contributed by atoms with E-state index in [0.29, 0.717) is 6.92 Å². The van der Waals surface area contributed by atoms with Crippen LogP contribution in [-0.4, -0.2) is 35.4 Å². The van der Waals surface area contributed by atoms with E-state index in [4.69, 9.17) is 4.55 Å². The maximum Gasteiger partial charge on any atom is 0.405 e. The molecule has 0 saturated heterocycles. The van der Waals surface area contributed by atoms with Crippen molar-refractivity contribution in [1.82, 2.24) is 0 Å². The number of carbonyl (C=O) groups is 1. The molecule has 0 bridgehead atoms. The zero-order valence-corrected chi connectivity index (χ0v) is 10.7. The Balaban J connectivity index is 3.03. The van der Waals surface area contributed by atoms with Gasteiger partial charge in [-0.05, 0) is 19.1 Å². The molecule has 0 radical (unpaired) electrons. The van der Waals surface area contributed by atoms with Gasteiger partial charge in [0, 0.05) is 0 Å². The lowest BCUT2D eigenvalue weighted by molar-refractivity contribution is -0.0553. The molecule has 0 amide bonds. The van der Waals surface area contributed by atoms with Gasteiger partial charge in [-0.3, -0.25) is 4.55 Å². The molecule has 1 rings (SSSR count). The zero-order valence-electron chi connectivity index (χ0n) is 9.88. The molecule has 1 aromatic carbocycles. The van der Waals surface area contributed by atoms with Gasteiger partial charge in [0.2, 0.25) is 0 Å². The van der Waals surface area contributed by atoms with Crippen LogP contribution in [0.25, 0.3) is 0 Å². The van der Waals surface area contributed by atoms with Crippen molar-refractivity contribution in [2.24, 2.45) is 0 Å². The molecule has 20 heavy (non-hydrogen) atoms. The lowest BCUT2D eigenvalue weighted by Gasteiger charge is -2.20. The highest BCUT2D eigenvalue weighted by Crippen LogP contribution is 2.29. The lowest BCUT2D eigenvalue weighted by Crippen LogP contribution is -2.42. The molecule has 1 aromatic rings. The van der Waals surface area contributed by atoms with Crippen molar-refractivity contribution in [2.45, 2.75) is 18.3 Å². The monoisotopic (exact) mass is 314 g/mol. The largest absolute Gasteiger partial charge is 0.507 e. The van der Waals surface area contributed by atoms with Crippen LogP contribution in [0.4, 0.5) is 13.2 Å². The Kier molecular flexibility index (Phi) is 4.30. The van der Waals surface area contributed by atoms with Crippen LogP contribution in [0.3, 0.4) is 0 Å². The predicted molar refractivity (Wildman–Crippen MR) is 59.4 cm³/mol. The van der Waals surface area contributed by atoms with E-state index in [1.165, 1.54) is 0 Å². The first-order valence-corrected chi connectivity index (χ1v) is 6.45. The third-order valence-corrected chi connectivity index (χ3v) is 3.32. The molecule has 0 aliphatic rings. The van der Waals surface area contributed by atoms with Crippen LogP contribution < -0.4 is 0 Å². The van der Waals surface area contributed by atoms with Gasteiger partial charge >= 0.3 is 21.3 Å². The first-order chi connectivity index (χ1) is 8.98. The Bertz CT molecular complexity index is 608. The number of aromatic hydroxyl groups is 1. The zero-order chi connectivity index (χ0) is 15.7. The smallest absolute Gasteiger partial charge is 0.405 e. The molecule has 1 atom stereocenters. The van der Waals surface area contributed by atoms with Crippen LogP contribution >= 0.6 is 0 Å². The maximum absolute atomic E-state index is 13.3. The summed E-state index contributed by atoms with van der Waals surface area (Å²) in [5.74, 6) is -3.80. The second-order valence-electron chi connectivity index (χ2n) is 3.72. The Morgan fingerprint density at radius 2 is 1.95 bits per heavy atom. The fraction of sp³-hybridized carbons (Fsp3) is 0.300. The minimum Gasteiger partial charge on any atom is -0.507 e. The first kappa shape index (κ1) is 16.2. The van der Waals surface area contributed by atoms with Crippen LogP contribution in [0.15, 0.2) is 18.2 Å². The van der Waals surface area contributed by atoms with Crippen molar-refractivity contribution in [3.63, 3.8) is 0 Å². The Morgan fingerprint density at radius 1 is 1.40 bits per heavy atom. The highest BCUT2D eigenvalue weighted by atomic mass is 32.2. The van der Waals surface area contributed by atoms with Crippen molar-refractivity contribution in [3.05, 3.63) is 29.6 Å². The number of rotatable bonds is 4. The van der Waals surface area contributed by atoms with Crippen LogP contribution in [0, 0.1) is 5.82 Å². The molecule has 0 heterocycles. The maximum atomic E-state index is 13.3. The van der Waals surface area contributed by atoms with Crippen molar-refractivity contribution < 1.29 is 40.8 Å². The van der Waals surface area contributed by atoms with Crippen molar-refractivity contribution >= 4 is 16.1 Å². The summed E-state index contributed by atoms with van der Waals surface area (Å²) in [5, 5.41) is 4.47. The van der Waals surface area contributed by atoms with E-state index in [-0.39, 0.29) is 0 Å². The second kappa shape index (κ2) is 5.29. The van der Waals surface area contributed by atoms with Gasteiger partial charge in [0.1, 0.15) is 17.1 Å². The third kappa shape index (κ3) is 3.02. The van der Waals surface area contributed by atoms with Crippen molar-refractivity contribution in [2.75, 3.05) is 0 Å². The number of hydrogen-bond donors (Lipinski definition) is 2. The number of ether oxygens (including phenoxy) is 1. The Morgan fingerprint density at radius 3 is 2.40 bits per heavy atom. The summed E-state index contributed by atoms with van der Waals surface area (Å²) in [6, 6.07) is 2.73. The summed E-state index contributed by atoms with van der Waals surface area (Å²) in [6.45, 7) is 0.490. The van der Waals surface area contributed by atoms with Crippen LogP contribution in [0.5, 0.6) is 5.75 Å². The van der Waals surface area contributed by atoms with E-state index >= 15 is 0 Å². The number of benzene rings is 1. The fourth-order valence-electron chi connectivity index (χ4n) is 1.21. The van der Waals surface area contributed by atoms with Crippen LogP contribution in [0.1, 0.15) is 17.3 Å². The molecular weight excluding hydrogens is 305 g/mol. The Hall–Kier alpha value is -1.81. The van der Waals surface area contributed by atoms with Gasteiger partial charge in [-0.2, -0.15) is 17.2 Å². The van der Waals surface area contributed by atoms with Crippen LogP contribution in [-0.2, 0) is 14.9 Å². The summed E-state index contributed by atoms with van der Waals surface area (Å²) >= 11 is 0. The Labute approximate surface area is 111 Å². The summed E-state index contributed by atoms with van der Waals surface area (Å²) < 4.78 is 72.8. The molecule has 10 heteroatoms. The van der Waals surface area contributed by atoms with E-state index in [1.807, 2.05) is 0 Å². The van der Waals surface area contributed by atoms with Gasteiger partial charge in [0.25, 0.3) is 0 Å². The molecule has 0 aromatic heterocycles. The number of esters is 1. The number of hydrogen-bond acceptors (Lipinski definition) is 5. The van der Waals surface area contributed by atoms with E-state index in [1.54, 1.807) is 0 Å². The highest BCUT2D eigenvalue weighted by molar-refractivity contribution is 7.86. The number of alkyl halides is 2. The molecule has 0 spiro atoms. The summed E-state index contributed by atoms with van der Waals surface area (Å²) in [5.41, 5.74) is -1.02. The highest BCUT2D eigenvalue weighted by Gasteiger charge is 2.52. The molecule has 0 aliphatic heterocycles. The van der Waals surface area contributed by atoms with Gasteiger partial charge in [0.15, 0.2) is 6.10 Å². The van der Waals surface area contributed by atoms with E-state index in [0.717, 1.165) is 18.2 Å². The lowest BCUT2D eigenvalue weighted by atomic mass is 10.2. The van der Waals surface area contributed by atoms with Gasteiger partial charge < -0.3 is 9.84 Å². The molecule has 1 unspecified atom stereocenters. The van der Waals surface area contributed by atoms with Crippen molar-refractivity contribution in [3.8, 4) is 5.75 Å². The molecule has 0 saturated carbocycles. The summed E-state index contributed by atoms with van der Waals surface area (Å²) in [7, 11) is -5.82. The second-order valence-corrected chi connectivity index (χ2v) is 5.21. The SMILES string of the molecule is CC(OC(=O)c1c(O)cccc1F)C(F)(F)S(=O)(=O)O. The minimum absolute atomic E-state index is 0.490. The van der Waals surface area contributed by atoms with Gasteiger partial charge in [-0.1, -0.05) is 6.07 Å². The van der Waals surface area contributed by atoms with Crippen LogP contribution in [0.2, 0.25) is 0 Å². The normalized spacial score (nSPS) is 13.8. The van der Waals surface area contributed by atoms with E-state index in [9.17, 15) is 31.5 Å². The van der Waals surface area contributed by atoms with E-state index in [2.05, 4.69) is 4.74 Å². The number of phenolic OH excluding ortho intramolecular Hbond substituents is 1. The molecule has 2 N–H and O–H groups in total. The fourth-order valence-corrected chi connectivity index (χ4v) is 1.68. The molecule has 112 valence electrons. The first-order valence-electron chi connectivity index (χ1n) is 5.01. The molecule has 0 aliphatic carbocycles. The van der Waals surface area contributed by atoms with Gasteiger partial charge in [-0.25, -0.2) is 9.18 Å². The quantitative estimate of drug-likeness (QED) is 0.646. The average Bonchev–Trinajstić information content (AvgIpc) is 2.26. The molecular formula is C10H9F3O6S. The molecule has 6 nitrogen and oxygen atoms in total. The summed E-state index contributed by atoms with van der Waals surface area (Å²) in [6.07, 6.45) is -2.59. The number of halogens is 3. The standard InChI is InChI=1S/C10H9F3O6S/c1-5(10(12,13)20(16,17)18)19-9(15)8-6(11)3-2-4-7(8)14/h2-5,14H,1H3,(H,16,17,18). The average molecular weight is 314 g/mol. The minimum atomic E-state index is -5.82. The number of phenols is 1. The number of carbonyl (C=O) groups excluding carboxylic acids is 1. The van der Waals surface area contributed by atoms with Crippen molar-refractivity contribution in [1.29, 1.82) is 0 Å². The van der Waals surface area contributed by atoms with Gasteiger partial charge in [-0.15, -0.1) is 0 Å². The van der Waals surface area contributed by atoms with Gasteiger partial charge in [0.05, 0.1) is 0 Å². The molecule has 0 fully saturated rings. The predicted octanol–water partition coefficient (Wildman–Crippen LogP) is 1.56. The van der Waals surface area contributed by atoms with E-state index < -0.39 is 44.6 Å². The topological polar surface area (TPSA) is 101 Å².